The van der Waals surface area contributed by atoms with E-state index in [2.05, 4.69) is 58.9 Å². The van der Waals surface area contributed by atoms with Crippen molar-refractivity contribution in [2.45, 2.75) is 26.2 Å². The second-order valence-electron chi connectivity index (χ2n) is 8.42. The summed E-state index contributed by atoms with van der Waals surface area (Å²) in [5.41, 5.74) is 3.66. The van der Waals surface area contributed by atoms with Crippen molar-refractivity contribution in [2.75, 3.05) is 32.7 Å². The highest BCUT2D eigenvalue weighted by molar-refractivity contribution is 14.0. The van der Waals surface area contributed by atoms with Gasteiger partial charge in [0.1, 0.15) is 0 Å². The Balaban J connectivity index is 0.00000306. The van der Waals surface area contributed by atoms with Crippen molar-refractivity contribution in [2.24, 2.45) is 10.9 Å². The third kappa shape index (κ3) is 7.22. The molecule has 1 aliphatic rings. The van der Waals surface area contributed by atoms with Gasteiger partial charge in [0.2, 0.25) is 5.91 Å². The maximum Gasteiger partial charge on any atom is 0.223 e. The summed E-state index contributed by atoms with van der Waals surface area (Å²) in [4.78, 5) is 22.6. The molecule has 1 aromatic heterocycles. The van der Waals surface area contributed by atoms with Crippen molar-refractivity contribution in [1.82, 2.24) is 20.5 Å². The van der Waals surface area contributed by atoms with Crippen LogP contribution in [-0.2, 0) is 17.6 Å². The topological polar surface area (TPSA) is 72.5 Å². The summed E-state index contributed by atoms with van der Waals surface area (Å²) in [6.07, 6.45) is 2.39. The standard InChI is InChI=1S/C26H33N5O.HI/c1-2-27-26(28-14-12-23-17-22-10-6-7-11-24(22)30-23)29-18-21-16-25(32)31(19-21)15-13-20-8-4-3-5-9-20;/h3-11,17,21,30H,2,12-16,18-19H2,1H3,(H2,27,28,29);1H. The lowest BCUT2D eigenvalue weighted by Gasteiger charge is -2.16. The van der Waals surface area contributed by atoms with Gasteiger partial charge in [0.05, 0.1) is 0 Å². The van der Waals surface area contributed by atoms with E-state index >= 15 is 0 Å². The smallest absolute Gasteiger partial charge is 0.223 e. The number of nitrogens with one attached hydrogen (secondary N) is 3. The number of aromatic amines is 1. The summed E-state index contributed by atoms with van der Waals surface area (Å²) in [5.74, 6) is 1.35. The summed E-state index contributed by atoms with van der Waals surface area (Å²) in [7, 11) is 0. The Kier molecular flexibility index (Phi) is 9.60. The van der Waals surface area contributed by atoms with Crippen LogP contribution in [0.15, 0.2) is 65.7 Å². The van der Waals surface area contributed by atoms with E-state index in [0.717, 1.165) is 45.0 Å². The Bertz CT molecular complexity index is 1020. The number of aromatic nitrogens is 1. The molecule has 1 aliphatic heterocycles. The molecule has 1 saturated heterocycles. The third-order valence-electron chi connectivity index (χ3n) is 5.93. The Hall–Kier alpha value is -2.55. The Morgan fingerprint density at radius 3 is 2.67 bits per heavy atom. The first-order valence-electron chi connectivity index (χ1n) is 11.6. The molecular weight excluding hydrogens is 525 g/mol. The third-order valence-corrected chi connectivity index (χ3v) is 5.93. The molecule has 1 fully saturated rings. The van der Waals surface area contributed by atoms with E-state index in [1.54, 1.807) is 0 Å². The van der Waals surface area contributed by atoms with Gasteiger partial charge in [-0.15, -0.1) is 24.0 Å². The van der Waals surface area contributed by atoms with Crippen molar-refractivity contribution in [3.63, 3.8) is 0 Å². The normalized spacial score (nSPS) is 16.2. The molecule has 33 heavy (non-hydrogen) atoms. The molecule has 3 N–H and O–H groups in total. The van der Waals surface area contributed by atoms with Crippen LogP contribution in [0.2, 0.25) is 0 Å². The summed E-state index contributed by atoms with van der Waals surface area (Å²) < 4.78 is 0. The fourth-order valence-electron chi connectivity index (χ4n) is 4.25. The fraction of sp³-hybridized carbons (Fsp3) is 0.385. The molecule has 0 radical (unpaired) electrons. The molecule has 2 heterocycles. The first-order valence-corrected chi connectivity index (χ1v) is 11.6. The zero-order valence-electron chi connectivity index (χ0n) is 19.2. The van der Waals surface area contributed by atoms with Crippen LogP contribution in [0, 0.1) is 5.92 Å². The lowest BCUT2D eigenvalue weighted by molar-refractivity contribution is -0.127. The lowest BCUT2D eigenvalue weighted by atomic mass is 10.1. The molecule has 7 heteroatoms. The quantitative estimate of drug-likeness (QED) is 0.211. The number of para-hydroxylation sites is 1. The molecule has 2 aromatic carbocycles. The summed E-state index contributed by atoms with van der Waals surface area (Å²) in [6.45, 7) is 5.92. The first kappa shape index (κ1) is 25.1. The van der Waals surface area contributed by atoms with E-state index in [0.29, 0.717) is 13.0 Å². The maximum atomic E-state index is 12.4. The van der Waals surface area contributed by atoms with Gasteiger partial charge in [-0.25, -0.2) is 0 Å². The highest BCUT2D eigenvalue weighted by Crippen LogP contribution is 2.19. The van der Waals surface area contributed by atoms with Crippen LogP contribution in [0.4, 0.5) is 0 Å². The van der Waals surface area contributed by atoms with Crippen molar-refractivity contribution in [1.29, 1.82) is 0 Å². The molecule has 0 spiro atoms. The highest BCUT2D eigenvalue weighted by atomic mass is 127. The number of H-pyrrole nitrogens is 1. The van der Waals surface area contributed by atoms with Crippen LogP contribution < -0.4 is 10.6 Å². The van der Waals surface area contributed by atoms with Crippen molar-refractivity contribution < 1.29 is 4.79 Å². The number of carbonyl (C=O) groups excluding carboxylic acids is 1. The predicted octanol–water partition coefficient (Wildman–Crippen LogP) is 3.97. The van der Waals surface area contributed by atoms with Gasteiger partial charge in [-0.3, -0.25) is 9.79 Å². The molecule has 3 aromatic rings. The Labute approximate surface area is 213 Å². The zero-order valence-corrected chi connectivity index (χ0v) is 21.5. The largest absolute Gasteiger partial charge is 0.358 e. The van der Waals surface area contributed by atoms with Crippen LogP contribution in [-0.4, -0.2) is 54.5 Å². The van der Waals surface area contributed by atoms with Gasteiger partial charge in [0, 0.05) is 62.7 Å². The monoisotopic (exact) mass is 559 g/mol. The van der Waals surface area contributed by atoms with Crippen LogP contribution in [0.5, 0.6) is 0 Å². The highest BCUT2D eigenvalue weighted by Gasteiger charge is 2.29. The number of carbonyl (C=O) groups is 1. The number of benzene rings is 2. The molecule has 4 rings (SSSR count). The van der Waals surface area contributed by atoms with Crippen LogP contribution >= 0.6 is 24.0 Å². The Morgan fingerprint density at radius 1 is 1.09 bits per heavy atom. The molecule has 176 valence electrons. The van der Waals surface area contributed by atoms with E-state index in [1.807, 2.05) is 29.2 Å². The van der Waals surface area contributed by atoms with E-state index in [4.69, 9.17) is 4.99 Å². The molecule has 0 saturated carbocycles. The summed E-state index contributed by atoms with van der Waals surface area (Å²) in [5, 5.41) is 7.99. The van der Waals surface area contributed by atoms with Crippen LogP contribution in [0.1, 0.15) is 24.6 Å². The van der Waals surface area contributed by atoms with Gasteiger partial charge in [-0.1, -0.05) is 48.5 Å². The van der Waals surface area contributed by atoms with Crippen LogP contribution in [0.3, 0.4) is 0 Å². The molecule has 0 bridgehead atoms. The number of aliphatic imine (C=N–C) groups is 1. The van der Waals surface area contributed by atoms with E-state index in [1.165, 1.54) is 22.2 Å². The van der Waals surface area contributed by atoms with Gasteiger partial charge in [-0.2, -0.15) is 0 Å². The second-order valence-corrected chi connectivity index (χ2v) is 8.42. The number of amides is 1. The average molecular weight is 559 g/mol. The molecular formula is C26H34IN5O. The number of rotatable bonds is 9. The van der Waals surface area contributed by atoms with Crippen molar-refractivity contribution in [3.05, 3.63) is 71.9 Å². The number of likely N-dealkylation sites (tertiary alicyclic amines) is 1. The first-order chi connectivity index (χ1) is 15.7. The number of hydrogen-bond acceptors (Lipinski definition) is 2. The molecule has 1 atom stereocenters. The van der Waals surface area contributed by atoms with Gasteiger partial charge in [-0.05, 0) is 36.4 Å². The van der Waals surface area contributed by atoms with Gasteiger partial charge < -0.3 is 20.5 Å². The molecule has 1 amide bonds. The lowest BCUT2D eigenvalue weighted by Crippen LogP contribution is -2.38. The minimum Gasteiger partial charge on any atom is -0.358 e. The molecule has 6 nitrogen and oxygen atoms in total. The average Bonchev–Trinajstić information content (AvgIpc) is 3.39. The van der Waals surface area contributed by atoms with Gasteiger partial charge in [0.25, 0.3) is 0 Å². The second kappa shape index (κ2) is 12.6. The maximum absolute atomic E-state index is 12.4. The number of hydrogen-bond donors (Lipinski definition) is 3. The van der Waals surface area contributed by atoms with Crippen LogP contribution in [0.25, 0.3) is 10.9 Å². The molecule has 0 aliphatic carbocycles. The van der Waals surface area contributed by atoms with Crippen molar-refractivity contribution >= 4 is 46.7 Å². The summed E-state index contributed by atoms with van der Waals surface area (Å²) in [6, 6.07) is 20.9. The Morgan fingerprint density at radius 2 is 1.88 bits per heavy atom. The minimum atomic E-state index is 0. The van der Waals surface area contributed by atoms with E-state index in [9.17, 15) is 4.79 Å². The zero-order chi connectivity index (χ0) is 22.2. The predicted molar refractivity (Wildman–Crippen MR) is 146 cm³/mol. The van der Waals surface area contributed by atoms with Gasteiger partial charge >= 0.3 is 0 Å². The number of guanidine groups is 1. The van der Waals surface area contributed by atoms with E-state index < -0.39 is 0 Å². The van der Waals surface area contributed by atoms with Crippen molar-refractivity contribution in [3.8, 4) is 0 Å². The SMILES string of the molecule is CCNC(=NCC1CC(=O)N(CCc2ccccc2)C1)NCCc1cc2ccccc2[nH]1.I. The molecule has 1 unspecified atom stereocenters. The summed E-state index contributed by atoms with van der Waals surface area (Å²) >= 11 is 0. The van der Waals surface area contributed by atoms with E-state index in [-0.39, 0.29) is 35.8 Å². The number of nitrogens with zero attached hydrogens (tertiary/aromatic N) is 2. The number of fused-ring (bicyclic) bond motifs is 1. The minimum absolute atomic E-state index is 0. The fourth-order valence-corrected chi connectivity index (χ4v) is 4.25. The number of halogens is 1. The van der Waals surface area contributed by atoms with Gasteiger partial charge in [0.15, 0.2) is 5.96 Å².